The van der Waals surface area contributed by atoms with E-state index in [0.29, 0.717) is 40.7 Å². The maximum atomic E-state index is 12.9. The van der Waals surface area contributed by atoms with E-state index in [0.717, 1.165) is 35.5 Å². The van der Waals surface area contributed by atoms with Gasteiger partial charge in [0.1, 0.15) is 0 Å². The number of carbonyl (C=O) groups excluding carboxylic acids is 1. The van der Waals surface area contributed by atoms with Gasteiger partial charge in [-0.2, -0.15) is 0 Å². The van der Waals surface area contributed by atoms with Crippen molar-refractivity contribution < 1.29 is 9.53 Å². The molecule has 0 bridgehead atoms. The van der Waals surface area contributed by atoms with Gasteiger partial charge < -0.3 is 25.7 Å². The fourth-order valence-electron chi connectivity index (χ4n) is 4.18. The van der Waals surface area contributed by atoms with Crippen LogP contribution in [0.2, 0.25) is 5.02 Å². The Bertz CT molecular complexity index is 1300. The third-order valence-corrected chi connectivity index (χ3v) is 6.40. The van der Waals surface area contributed by atoms with Crippen LogP contribution < -0.4 is 20.7 Å². The van der Waals surface area contributed by atoms with Gasteiger partial charge in [-0.3, -0.25) is 9.78 Å². The Morgan fingerprint density at radius 2 is 2.12 bits per heavy atom. The number of carbonyl (C=O) groups is 1. The van der Waals surface area contributed by atoms with E-state index in [1.807, 2.05) is 18.2 Å². The Hall–Kier alpha value is -3.47. The molecule has 2 aromatic heterocycles. The van der Waals surface area contributed by atoms with Crippen molar-refractivity contribution in [2.75, 3.05) is 25.5 Å². The Labute approximate surface area is 197 Å². The maximum absolute atomic E-state index is 12.9. The van der Waals surface area contributed by atoms with Gasteiger partial charge >= 0.3 is 0 Å². The highest BCUT2D eigenvalue weighted by Crippen LogP contribution is 2.41. The number of pyridine rings is 1. The molecular formula is C25H24ClN5O2. The zero-order valence-electron chi connectivity index (χ0n) is 18.4. The lowest BCUT2D eigenvalue weighted by atomic mass is 9.90. The molecule has 1 unspecified atom stereocenters. The molecule has 0 saturated carbocycles. The third kappa shape index (κ3) is 3.92. The molecule has 8 heteroatoms. The van der Waals surface area contributed by atoms with E-state index in [4.69, 9.17) is 16.3 Å². The molecule has 3 aromatic rings. The largest absolute Gasteiger partial charge is 0.493 e. The maximum Gasteiger partial charge on any atom is 0.255 e. The molecule has 0 radical (unpaired) electrons. The minimum Gasteiger partial charge on any atom is -0.493 e. The molecule has 1 aromatic carbocycles. The van der Waals surface area contributed by atoms with Crippen LogP contribution in [-0.2, 0) is 6.42 Å². The fraction of sp³-hybridized carbons (Fsp3) is 0.280. The summed E-state index contributed by atoms with van der Waals surface area (Å²) in [5.41, 5.74) is 5.03. The zero-order valence-corrected chi connectivity index (χ0v) is 19.2. The number of H-pyrrole nitrogens is 1. The number of para-hydroxylation sites is 1. The normalized spacial score (nSPS) is 18.9. The van der Waals surface area contributed by atoms with Gasteiger partial charge in [0.05, 0.1) is 45.9 Å². The SMILES string of the molecule is COc1c(Cl)cccc1Nc1c(-c2ccncc2C#CC2(C)CCN2)[nH]c2c1C(=O)NCC2. The van der Waals surface area contributed by atoms with Gasteiger partial charge in [-0.25, -0.2) is 0 Å². The highest BCUT2D eigenvalue weighted by Gasteiger charge is 2.30. The number of hydrogen-bond acceptors (Lipinski definition) is 5. The van der Waals surface area contributed by atoms with E-state index in [1.54, 1.807) is 25.6 Å². The number of aromatic nitrogens is 2. The van der Waals surface area contributed by atoms with Crippen LogP contribution in [0.3, 0.4) is 0 Å². The summed E-state index contributed by atoms with van der Waals surface area (Å²) in [6, 6.07) is 7.38. The van der Waals surface area contributed by atoms with Crippen LogP contribution in [0.1, 0.15) is 35.0 Å². The molecule has 7 nitrogen and oxygen atoms in total. The number of ether oxygens (including phenoxy) is 1. The Morgan fingerprint density at radius 1 is 1.27 bits per heavy atom. The summed E-state index contributed by atoms with van der Waals surface area (Å²) in [7, 11) is 1.57. The monoisotopic (exact) mass is 461 g/mol. The van der Waals surface area contributed by atoms with Gasteiger partial charge in [0.25, 0.3) is 5.91 Å². The van der Waals surface area contributed by atoms with E-state index < -0.39 is 0 Å². The molecule has 0 spiro atoms. The van der Waals surface area contributed by atoms with Crippen molar-refractivity contribution in [1.29, 1.82) is 0 Å². The van der Waals surface area contributed by atoms with Crippen LogP contribution in [0.25, 0.3) is 11.3 Å². The molecule has 1 fully saturated rings. The number of benzene rings is 1. The van der Waals surface area contributed by atoms with Crippen molar-refractivity contribution in [3.05, 3.63) is 58.5 Å². The number of hydrogen-bond donors (Lipinski definition) is 4. The number of anilines is 2. The van der Waals surface area contributed by atoms with Crippen LogP contribution in [-0.4, -0.2) is 41.6 Å². The lowest BCUT2D eigenvalue weighted by molar-refractivity contribution is 0.0947. The van der Waals surface area contributed by atoms with Gasteiger partial charge in [-0.05, 0) is 38.1 Å². The first kappa shape index (κ1) is 21.4. The summed E-state index contributed by atoms with van der Waals surface area (Å²) in [6.45, 7) is 3.65. The minimum absolute atomic E-state index is 0.130. The van der Waals surface area contributed by atoms with Gasteiger partial charge in [-0.15, -0.1) is 0 Å². The number of rotatable bonds is 4. The van der Waals surface area contributed by atoms with Crippen molar-refractivity contribution in [3.63, 3.8) is 0 Å². The lowest BCUT2D eigenvalue weighted by Crippen LogP contribution is -2.53. The summed E-state index contributed by atoms with van der Waals surface area (Å²) in [5.74, 6) is 7.01. The molecule has 1 amide bonds. The third-order valence-electron chi connectivity index (χ3n) is 6.10. The van der Waals surface area contributed by atoms with Gasteiger partial charge in [0, 0.05) is 36.6 Å². The number of aromatic amines is 1. The summed E-state index contributed by atoms with van der Waals surface area (Å²) in [5, 5.41) is 10.2. The molecule has 1 saturated heterocycles. The van der Waals surface area contributed by atoms with E-state index in [1.165, 1.54) is 0 Å². The summed E-state index contributed by atoms with van der Waals surface area (Å²) in [6.07, 6.45) is 5.20. The average molecular weight is 462 g/mol. The molecule has 5 rings (SSSR count). The molecule has 168 valence electrons. The van der Waals surface area contributed by atoms with Crippen molar-refractivity contribution in [2.24, 2.45) is 0 Å². The van der Waals surface area contributed by atoms with Crippen LogP contribution in [0.5, 0.6) is 5.75 Å². The lowest BCUT2D eigenvalue weighted by Gasteiger charge is -2.34. The second-order valence-electron chi connectivity index (χ2n) is 8.36. The molecule has 1 atom stereocenters. The van der Waals surface area contributed by atoms with E-state index in [2.05, 4.69) is 44.7 Å². The molecule has 0 aliphatic carbocycles. The van der Waals surface area contributed by atoms with Crippen molar-refractivity contribution in [2.45, 2.75) is 25.3 Å². The van der Waals surface area contributed by atoms with Crippen molar-refractivity contribution in [1.82, 2.24) is 20.6 Å². The van der Waals surface area contributed by atoms with Crippen molar-refractivity contribution in [3.8, 4) is 28.8 Å². The van der Waals surface area contributed by atoms with Crippen LogP contribution >= 0.6 is 11.6 Å². The molecule has 2 aliphatic heterocycles. The second kappa shape index (κ2) is 8.47. The number of nitrogens with zero attached hydrogens (tertiary/aromatic N) is 1. The van der Waals surface area contributed by atoms with Crippen LogP contribution in [0, 0.1) is 11.8 Å². The van der Waals surface area contributed by atoms with Crippen molar-refractivity contribution >= 4 is 28.9 Å². The number of halogens is 1. The first-order valence-corrected chi connectivity index (χ1v) is 11.2. The summed E-state index contributed by atoms with van der Waals surface area (Å²) in [4.78, 5) is 20.6. The molecule has 4 N–H and O–H groups in total. The first-order chi connectivity index (χ1) is 16.0. The van der Waals surface area contributed by atoms with Crippen LogP contribution in [0.4, 0.5) is 11.4 Å². The van der Waals surface area contributed by atoms with Crippen LogP contribution in [0.15, 0.2) is 36.7 Å². The summed E-state index contributed by atoms with van der Waals surface area (Å²) < 4.78 is 5.52. The minimum atomic E-state index is -0.183. The molecule has 2 aliphatic rings. The summed E-state index contributed by atoms with van der Waals surface area (Å²) >= 11 is 6.34. The predicted octanol–water partition coefficient (Wildman–Crippen LogP) is 3.87. The molecule has 4 heterocycles. The Balaban J connectivity index is 1.66. The fourth-order valence-corrected chi connectivity index (χ4v) is 4.43. The number of amides is 1. The standard InChI is InChI=1S/C25H24ClN5O2/c1-25(10-13-29-25)9-6-15-14-27-11-7-16(15)21-22(20-18(30-21)8-12-28-24(20)32)31-19-5-3-4-17(26)23(19)33-2/h3-5,7,11,14,29-31H,8,10,12-13H2,1-2H3,(H,28,32). The quantitative estimate of drug-likeness (QED) is 0.443. The predicted molar refractivity (Wildman–Crippen MR) is 129 cm³/mol. The average Bonchev–Trinajstić information content (AvgIpc) is 3.16. The molecule has 33 heavy (non-hydrogen) atoms. The van der Waals surface area contributed by atoms with Gasteiger partial charge in [-0.1, -0.05) is 29.5 Å². The number of nitrogens with one attached hydrogen (secondary N) is 4. The highest BCUT2D eigenvalue weighted by atomic mass is 35.5. The van der Waals surface area contributed by atoms with E-state index in [9.17, 15) is 4.79 Å². The van der Waals surface area contributed by atoms with E-state index >= 15 is 0 Å². The Morgan fingerprint density at radius 3 is 2.88 bits per heavy atom. The topological polar surface area (TPSA) is 91.1 Å². The first-order valence-electron chi connectivity index (χ1n) is 10.8. The number of fused-ring (bicyclic) bond motifs is 1. The molecular weight excluding hydrogens is 438 g/mol. The second-order valence-corrected chi connectivity index (χ2v) is 8.77. The van der Waals surface area contributed by atoms with Gasteiger partial charge in [0.2, 0.25) is 0 Å². The smallest absolute Gasteiger partial charge is 0.255 e. The Kier molecular flexibility index (Phi) is 5.49. The van der Waals surface area contributed by atoms with Gasteiger partial charge in [0.15, 0.2) is 5.75 Å². The zero-order chi connectivity index (χ0) is 23.0. The van der Waals surface area contributed by atoms with E-state index in [-0.39, 0.29) is 11.4 Å². The highest BCUT2D eigenvalue weighted by molar-refractivity contribution is 6.32. The number of methoxy groups -OCH3 is 1.